The second-order valence-corrected chi connectivity index (χ2v) is 12.4. The molecular formula is C24H23ClN4O5S. The highest BCUT2D eigenvalue weighted by Crippen LogP contribution is 2.60. The van der Waals surface area contributed by atoms with Crippen molar-refractivity contribution in [3.8, 4) is 5.88 Å². The summed E-state index contributed by atoms with van der Waals surface area (Å²) in [5.41, 5.74) is 1.83. The molecule has 0 saturated heterocycles. The third-order valence-corrected chi connectivity index (χ3v) is 9.74. The molecule has 0 unspecified atom stereocenters. The van der Waals surface area contributed by atoms with E-state index in [2.05, 4.69) is 14.9 Å². The summed E-state index contributed by atoms with van der Waals surface area (Å²) >= 11 is 6.49. The summed E-state index contributed by atoms with van der Waals surface area (Å²) in [5, 5.41) is 4.49. The number of benzene rings is 1. The SMILES string of the molecule is O=C1N(c2cnc(OCC3CCC3)c(Cl)c2)c2cc3onc(NS(=O)(=O)C4CC4)c3cc2C12CC2. The van der Waals surface area contributed by atoms with E-state index >= 15 is 0 Å². The zero-order valence-corrected chi connectivity index (χ0v) is 20.4. The number of aromatic nitrogens is 2. The van der Waals surface area contributed by atoms with Gasteiger partial charge in [-0.3, -0.25) is 14.4 Å². The van der Waals surface area contributed by atoms with Crippen LogP contribution in [0.5, 0.6) is 5.88 Å². The van der Waals surface area contributed by atoms with E-state index in [1.54, 1.807) is 23.2 Å². The van der Waals surface area contributed by atoms with Crippen molar-refractivity contribution in [2.45, 2.75) is 55.6 Å². The molecule has 1 N–H and O–H groups in total. The number of carbonyl (C=O) groups excluding carboxylic acids is 1. The van der Waals surface area contributed by atoms with Crippen LogP contribution in [0.1, 0.15) is 50.5 Å². The molecule has 0 bridgehead atoms. The molecule has 3 heterocycles. The van der Waals surface area contributed by atoms with E-state index in [9.17, 15) is 13.2 Å². The van der Waals surface area contributed by atoms with Crippen LogP contribution in [0.4, 0.5) is 17.2 Å². The summed E-state index contributed by atoms with van der Waals surface area (Å²) in [6.07, 6.45) is 7.90. The molecule has 0 radical (unpaired) electrons. The Kier molecular flexibility index (Phi) is 4.49. The number of sulfonamides is 1. The number of hydrogen-bond acceptors (Lipinski definition) is 7. The largest absolute Gasteiger partial charge is 0.476 e. The predicted octanol–water partition coefficient (Wildman–Crippen LogP) is 4.67. The molecule has 1 spiro atoms. The van der Waals surface area contributed by atoms with Crippen molar-refractivity contribution >= 4 is 55.7 Å². The summed E-state index contributed by atoms with van der Waals surface area (Å²) in [6.45, 7) is 0.594. The second-order valence-electron chi connectivity index (χ2n) is 10.1. The Morgan fingerprint density at radius 3 is 2.66 bits per heavy atom. The van der Waals surface area contributed by atoms with Crippen LogP contribution in [-0.4, -0.2) is 36.3 Å². The summed E-state index contributed by atoms with van der Waals surface area (Å²) in [7, 11) is -3.50. The fourth-order valence-electron chi connectivity index (χ4n) is 5.02. The van der Waals surface area contributed by atoms with Gasteiger partial charge in [0.15, 0.2) is 11.4 Å². The van der Waals surface area contributed by atoms with Crippen molar-refractivity contribution < 1.29 is 22.5 Å². The lowest BCUT2D eigenvalue weighted by Gasteiger charge is -2.25. The first-order valence-corrected chi connectivity index (χ1v) is 13.9. The third kappa shape index (κ3) is 3.33. The van der Waals surface area contributed by atoms with E-state index in [0.717, 1.165) is 31.2 Å². The van der Waals surface area contributed by atoms with Crippen molar-refractivity contribution in [2.24, 2.45) is 5.92 Å². The summed E-state index contributed by atoms with van der Waals surface area (Å²) in [5.74, 6) is 1.04. The van der Waals surface area contributed by atoms with Crippen LogP contribution in [-0.2, 0) is 20.2 Å². The van der Waals surface area contributed by atoms with E-state index in [0.29, 0.717) is 58.6 Å². The van der Waals surface area contributed by atoms with Gasteiger partial charge in [-0.1, -0.05) is 23.2 Å². The highest BCUT2D eigenvalue weighted by molar-refractivity contribution is 7.93. The number of rotatable bonds is 7. The minimum atomic E-state index is -3.50. The first kappa shape index (κ1) is 21.4. The van der Waals surface area contributed by atoms with Gasteiger partial charge in [0, 0.05) is 6.07 Å². The lowest BCUT2D eigenvalue weighted by molar-refractivity contribution is -0.119. The number of amides is 1. The van der Waals surface area contributed by atoms with Crippen molar-refractivity contribution in [3.63, 3.8) is 0 Å². The van der Waals surface area contributed by atoms with Crippen LogP contribution in [0.15, 0.2) is 28.9 Å². The van der Waals surface area contributed by atoms with Crippen molar-refractivity contribution in [2.75, 3.05) is 16.2 Å². The second kappa shape index (κ2) is 7.33. The zero-order chi connectivity index (χ0) is 23.9. The van der Waals surface area contributed by atoms with Gasteiger partial charge >= 0.3 is 0 Å². The molecule has 3 aromatic rings. The molecule has 1 aromatic carbocycles. The number of hydrogen-bond donors (Lipinski definition) is 1. The van der Waals surface area contributed by atoms with Gasteiger partial charge in [-0.25, -0.2) is 13.4 Å². The molecule has 3 aliphatic carbocycles. The number of carbonyl (C=O) groups is 1. The van der Waals surface area contributed by atoms with Crippen LogP contribution in [0.2, 0.25) is 5.02 Å². The minimum Gasteiger partial charge on any atom is -0.476 e. The van der Waals surface area contributed by atoms with Gasteiger partial charge in [0.05, 0.1) is 40.2 Å². The topological polar surface area (TPSA) is 115 Å². The number of nitrogens with one attached hydrogen (secondary N) is 1. The van der Waals surface area contributed by atoms with E-state index in [1.165, 1.54) is 6.42 Å². The zero-order valence-electron chi connectivity index (χ0n) is 18.8. The molecule has 182 valence electrons. The first-order chi connectivity index (χ1) is 16.9. The Bertz CT molecular complexity index is 1490. The van der Waals surface area contributed by atoms with Gasteiger partial charge in [-0.2, -0.15) is 0 Å². The third-order valence-electron chi connectivity index (χ3n) is 7.64. The number of pyridine rings is 1. The van der Waals surface area contributed by atoms with E-state index in [-0.39, 0.29) is 17.0 Å². The molecule has 3 saturated carbocycles. The fraction of sp³-hybridized carbons (Fsp3) is 0.458. The normalized spacial score (nSPS) is 20.8. The Morgan fingerprint density at radius 2 is 2.00 bits per heavy atom. The standard InChI is InChI=1S/C24H23ClN4O5S/c25-18-8-14(11-26-22(18)33-12-13-2-1-3-13)29-19-10-20-16(9-17(19)24(6-7-24)23(29)30)21(27-34-20)28-35(31,32)15-4-5-15/h8-11,13,15H,1-7,12H2,(H,27,28). The maximum absolute atomic E-state index is 13.6. The maximum Gasteiger partial charge on any atom is 0.242 e. The molecular weight excluding hydrogens is 492 g/mol. The quantitative estimate of drug-likeness (QED) is 0.487. The van der Waals surface area contributed by atoms with Crippen LogP contribution in [0.3, 0.4) is 0 Å². The molecule has 11 heteroatoms. The summed E-state index contributed by atoms with van der Waals surface area (Å²) in [4.78, 5) is 19.6. The maximum atomic E-state index is 13.6. The van der Waals surface area contributed by atoms with Crippen molar-refractivity contribution in [3.05, 3.63) is 35.0 Å². The summed E-state index contributed by atoms with van der Waals surface area (Å²) in [6, 6.07) is 5.28. The Hall–Kier alpha value is -2.85. The van der Waals surface area contributed by atoms with Gasteiger partial charge in [0.25, 0.3) is 0 Å². The lowest BCUT2D eigenvalue weighted by atomic mass is 9.86. The highest BCUT2D eigenvalue weighted by Gasteiger charge is 2.60. The number of nitrogens with zero attached hydrogens (tertiary/aromatic N) is 3. The monoisotopic (exact) mass is 514 g/mol. The van der Waals surface area contributed by atoms with Crippen LogP contribution in [0, 0.1) is 5.92 Å². The van der Waals surface area contributed by atoms with E-state index in [1.807, 2.05) is 6.07 Å². The summed E-state index contributed by atoms with van der Waals surface area (Å²) < 4.78 is 38.7. The first-order valence-electron chi connectivity index (χ1n) is 11.9. The molecule has 7 rings (SSSR count). The molecule has 9 nitrogen and oxygen atoms in total. The Labute approximate surface area is 206 Å². The van der Waals surface area contributed by atoms with Crippen LogP contribution >= 0.6 is 11.6 Å². The molecule has 2 aromatic heterocycles. The average molecular weight is 515 g/mol. The molecule has 0 atom stereocenters. The minimum absolute atomic E-state index is 0.0470. The smallest absolute Gasteiger partial charge is 0.242 e. The fourth-order valence-corrected chi connectivity index (χ4v) is 6.57. The number of halogens is 1. The van der Waals surface area contributed by atoms with Gasteiger partial charge in [-0.15, -0.1) is 0 Å². The van der Waals surface area contributed by atoms with Gasteiger partial charge in [-0.05, 0) is 62.1 Å². The molecule has 4 aliphatic rings. The van der Waals surface area contributed by atoms with E-state index in [4.69, 9.17) is 20.9 Å². The van der Waals surface area contributed by atoms with Crippen molar-refractivity contribution in [1.29, 1.82) is 0 Å². The lowest BCUT2D eigenvalue weighted by Crippen LogP contribution is -2.28. The van der Waals surface area contributed by atoms with Crippen molar-refractivity contribution in [1.82, 2.24) is 10.1 Å². The Morgan fingerprint density at radius 1 is 1.20 bits per heavy atom. The molecule has 35 heavy (non-hydrogen) atoms. The van der Waals surface area contributed by atoms with Crippen LogP contribution in [0.25, 0.3) is 11.0 Å². The number of ether oxygens (including phenoxy) is 1. The average Bonchev–Trinajstić information content (AvgIpc) is 3.70. The van der Waals surface area contributed by atoms with E-state index < -0.39 is 15.4 Å². The molecule has 1 amide bonds. The molecule has 3 fully saturated rings. The number of fused-ring (bicyclic) bond motifs is 3. The van der Waals surface area contributed by atoms with Gasteiger partial charge in [0.1, 0.15) is 5.02 Å². The van der Waals surface area contributed by atoms with Gasteiger partial charge < -0.3 is 9.26 Å². The number of anilines is 3. The molecule has 1 aliphatic heterocycles. The highest BCUT2D eigenvalue weighted by atomic mass is 35.5. The predicted molar refractivity (Wildman–Crippen MR) is 130 cm³/mol. The Balaban J connectivity index is 1.24. The van der Waals surface area contributed by atoms with Crippen LogP contribution < -0.4 is 14.4 Å². The van der Waals surface area contributed by atoms with Gasteiger partial charge in [0.2, 0.25) is 21.8 Å².